The highest BCUT2D eigenvalue weighted by Gasteiger charge is 2.27. The minimum absolute atomic E-state index is 0.0116. The van der Waals surface area contributed by atoms with E-state index in [1.54, 1.807) is 25.8 Å². The predicted octanol–water partition coefficient (Wildman–Crippen LogP) is 1.23. The van der Waals surface area contributed by atoms with Crippen molar-refractivity contribution in [3.05, 3.63) is 0 Å². The topological polar surface area (TPSA) is 46.3 Å². The van der Waals surface area contributed by atoms with Crippen molar-refractivity contribution < 1.29 is 4.79 Å². The Bertz CT molecular complexity index is 186. The number of nitrogens with two attached hydrogens (primary N) is 1. The zero-order valence-electron chi connectivity index (χ0n) is 9.64. The molecule has 1 amide bonds. The molecule has 0 unspecified atom stereocenters. The van der Waals surface area contributed by atoms with E-state index in [4.69, 9.17) is 5.73 Å². The first kappa shape index (κ1) is 12.4. The lowest BCUT2D eigenvalue weighted by Gasteiger charge is -2.31. The number of likely N-dealkylation sites (N-methyl/N-ethyl adjacent to an activating group) is 1. The molecule has 0 radical (unpaired) electrons. The lowest BCUT2D eigenvalue weighted by atomic mass is 9.95. The fourth-order valence-corrected chi connectivity index (χ4v) is 1.28. The molecule has 0 saturated heterocycles. The molecule has 0 aliphatic rings. The average molecular weight is 186 g/mol. The Labute approximate surface area is 81.3 Å². The maximum atomic E-state index is 11.6. The molecule has 13 heavy (non-hydrogen) atoms. The van der Waals surface area contributed by atoms with Crippen LogP contribution < -0.4 is 5.73 Å². The van der Waals surface area contributed by atoms with Crippen molar-refractivity contribution in [1.82, 2.24) is 4.90 Å². The van der Waals surface area contributed by atoms with Crippen LogP contribution in [0.2, 0.25) is 0 Å². The summed E-state index contributed by atoms with van der Waals surface area (Å²) in [4.78, 5) is 13.3. The van der Waals surface area contributed by atoms with Crippen LogP contribution in [0.3, 0.4) is 0 Å². The van der Waals surface area contributed by atoms with Gasteiger partial charge in [0.1, 0.15) is 0 Å². The highest BCUT2D eigenvalue weighted by atomic mass is 16.2. The van der Waals surface area contributed by atoms with Crippen LogP contribution in [0.1, 0.15) is 34.6 Å². The number of nitrogens with zero attached hydrogens (tertiary/aromatic N) is 1. The van der Waals surface area contributed by atoms with E-state index in [0.717, 1.165) is 6.54 Å². The van der Waals surface area contributed by atoms with Gasteiger partial charge in [-0.15, -0.1) is 0 Å². The van der Waals surface area contributed by atoms with Crippen molar-refractivity contribution >= 4 is 5.91 Å². The third-order valence-corrected chi connectivity index (χ3v) is 1.61. The lowest BCUT2D eigenvalue weighted by molar-refractivity contribution is -0.135. The largest absolute Gasteiger partial charge is 0.344 e. The predicted molar refractivity (Wildman–Crippen MR) is 55.4 cm³/mol. The van der Waals surface area contributed by atoms with Gasteiger partial charge < -0.3 is 10.6 Å². The van der Waals surface area contributed by atoms with E-state index in [2.05, 4.69) is 20.8 Å². The summed E-state index contributed by atoms with van der Waals surface area (Å²) in [6, 6.07) is 0. The molecule has 0 aromatic rings. The monoisotopic (exact) mass is 186 g/mol. The Morgan fingerprint density at radius 3 is 1.85 bits per heavy atom. The van der Waals surface area contributed by atoms with E-state index < -0.39 is 5.54 Å². The Balaban J connectivity index is 4.30. The molecule has 0 aliphatic carbocycles. The zero-order valence-corrected chi connectivity index (χ0v) is 9.64. The number of amides is 1. The summed E-state index contributed by atoms with van der Waals surface area (Å²) in [7, 11) is 1.79. The quantitative estimate of drug-likeness (QED) is 0.705. The van der Waals surface area contributed by atoms with Gasteiger partial charge in [0.05, 0.1) is 5.54 Å². The van der Waals surface area contributed by atoms with E-state index in [9.17, 15) is 4.79 Å². The van der Waals surface area contributed by atoms with Crippen LogP contribution in [-0.4, -0.2) is 29.9 Å². The summed E-state index contributed by atoms with van der Waals surface area (Å²) in [5.41, 5.74) is 5.06. The van der Waals surface area contributed by atoms with Gasteiger partial charge in [0, 0.05) is 13.6 Å². The highest BCUT2D eigenvalue weighted by molar-refractivity contribution is 5.84. The van der Waals surface area contributed by atoms with Crippen LogP contribution in [0.25, 0.3) is 0 Å². The molecule has 0 spiro atoms. The number of hydrogen-bond acceptors (Lipinski definition) is 2. The summed E-state index contributed by atoms with van der Waals surface area (Å²) in [6.07, 6.45) is 0. The molecule has 0 rings (SSSR count). The first-order valence-corrected chi connectivity index (χ1v) is 4.58. The van der Waals surface area contributed by atoms with E-state index in [0.29, 0.717) is 0 Å². The Hall–Kier alpha value is -0.570. The van der Waals surface area contributed by atoms with Crippen LogP contribution in [0, 0.1) is 5.41 Å². The number of carbonyl (C=O) groups is 1. The molecule has 3 nitrogen and oxygen atoms in total. The first-order chi connectivity index (χ1) is 5.54. The van der Waals surface area contributed by atoms with Gasteiger partial charge in [0.25, 0.3) is 0 Å². The van der Waals surface area contributed by atoms with E-state index in [-0.39, 0.29) is 11.3 Å². The van der Waals surface area contributed by atoms with Gasteiger partial charge in [-0.25, -0.2) is 0 Å². The van der Waals surface area contributed by atoms with Gasteiger partial charge >= 0.3 is 0 Å². The molecule has 0 aromatic carbocycles. The van der Waals surface area contributed by atoms with Crippen LogP contribution in [0.15, 0.2) is 0 Å². The molecule has 0 aliphatic heterocycles. The molecule has 0 bridgehead atoms. The van der Waals surface area contributed by atoms with E-state index in [1.807, 2.05) is 0 Å². The van der Waals surface area contributed by atoms with Gasteiger partial charge in [0.15, 0.2) is 0 Å². The Morgan fingerprint density at radius 2 is 1.62 bits per heavy atom. The fourth-order valence-electron chi connectivity index (χ4n) is 1.28. The standard InChI is InChI=1S/C10H22N2O/c1-9(2,3)7-12(6)8(13)10(4,5)11/h7,11H2,1-6H3. The zero-order chi connectivity index (χ0) is 10.9. The number of rotatable bonds is 2. The van der Waals surface area contributed by atoms with Gasteiger partial charge in [0.2, 0.25) is 5.91 Å². The second-order valence-corrected chi connectivity index (χ2v) is 5.44. The molecule has 3 heteroatoms. The van der Waals surface area contributed by atoms with Crippen LogP contribution >= 0.6 is 0 Å². The maximum absolute atomic E-state index is 11.6. The van der Waals surface area contributed by atoms with Crippen molar-refractivity contribution in [2.75, 3.05) is 13.6 Å². The molecule has 0 fully saturated rings. The smallest absolute Gasteiger partial charge is 0.241 e. The highest BCUT2D eigenvalue weighted by Crippen LogP contribution is 2.15. The molecule has 2 N–H and O–H groups in total. The third-order valence-electron chi connectivity index (χ3n) is 1.61. The van der Waals surface area contributed by atoms with Crippen molar-refractivity contribution in [3.63, 3.8) is 0 Å². The molecular formula is C10H22N2O. The normalized spacial score (nSPS) is 12.8. The molecule has 0 saturated carbocycles. The first-order valence-electron chi connectivity index (χ1n) is 4.58. The summed E-state index contributed by atoms with van der Waals surface area (Å²) in [5.74, 6) is -0.0116. The fraction of sp³-hybridized carbons (Fsp3) is 0.900. The van der Waals surface area contributed by atoms with Gasteiger partial charge in [-0.2, -0.15) is 0 Å². The van der Waals surface area contributed by atoms with Crippen LogP contribution in [0.5, 0.6) is 0 Å². The molecular weight excluding hydrogens is 164 g/mol. The maximum Gasteiger partial charge on any atom is 0.241 e. The molecule has 0 aromatic heterocycles. The minimum Gasteiger partial charge on any atom is -0.344 e. The van der Waals surface area contributed by atoms with Gasteiger partial charge in [-0.3, -0.25) is 4.79 Å². The summed E-state index contributed by atoms with van der Waals surface area (Å²) in [6.45, 7) is 10.5. The van der Waals surface area contributed by atoms with Crippen molar-refractivity contribution in [2.45, 2.75) is 40.2 Å². The molecule has 0 atom stereocenters. The second-order valence-electron chi connectivity index (χ2n) is 5.44. The summed E-state index contributed by atoms with van der Waals surface area (Å²) >= 11 is 0. The molecule has 0 heterocycles. The van der Waals surface area contributed by atoms with Crippen molar-refractivity contribution in [2.24, 2.45) is 11.1 Å². The lowest BCUT2D eigenvalue weighted by Crippen LogP contribution is -2.51. The molecule has 78 valence electrons. The average Bonchev–Trinajstić information content (AvgIpc) is 1.79. The van der Waals surface area contributed by atoms with Crippen molar-refractivity contribution in [3.8, 4) is 0 Å². The summed E-state index contributed by atoms with van der Waals surface area (Å²) in [5, 5.41) is 0. The second kappa shape index (κ2) is 3.66. The number of carbonyl (C=O) groups excluding carboxylic acids is 1. The van der Waals surface area contributed by atoms with E-state index >= 15 is 0 Å². The number of hydrogen-bond donors (Lipinski definition) is 1. The Morgan fingerprint density at radius 1 is 1.23 bits per heavy atom. The SMILES string of the molecule is CN(CC(C)(C)C)C(=O)C(C)(C)N. The Kier molecular flexibility index (Phi) is 3.50. The van der Waals surface area contributed by atoms with Crippen LogP contribution in [0.4, 0.5) is 0 Å². The minimum atomic E-state index is -0.764. The third kappa shape index (κ3) is 4.88. The van der Waals surface area contributed by atoms with Gasteiger partial charge in [-0.1, -0.05) is 20.8 Å². The van der Waals surface area contributed by atoms with E-state index in [1.165, 1.54) is 0 Å². The van der Waals surface area contributed by atoms with Crippen LogP contribution in [-0.2, 0) is 4.79 Å². The summed E-state index contributed by atoms with van der Waals surface area (Å²) < 4.78 is 0. The van der Waals surface area contributed by atoms with Gasteiger partial charge in [-0.05, 0) is 19.3 Å². The van der Waals surface area contributed by atoms with Crippen molar-refractivity contribution in [1.29, 1.82) is 0 Å².